The Morgan fingerprint density at radius 2 is 1.89 bits per heavy atom. The number of phenolic OH excluding ortho intramolecular Hbond substituents is 1. The van der Waals surface area contributed by atoms with E-state index in [-0.39, 0.29) is 27.3 Å². The predicted octanol–water partition coefficient (Wildman–Crippen LogP) is 4.63. The smallest absolute Gasteiger partial charge is 0.335 e. The van der Waals surface area contributed by atoms with Gasteiger partial charge < -0.3 is 10.2 Å². The van der Waals surface area contributed by atoms with Crippen molar-refractivity contribution in [1.82, 2.24) is 4.90 Å². The standard InChI is InChI=1S/C18H12Cl2N2O4S/c1-22-16(24)14(7-9-5-12(19)15(23)13(20)6-9)27-18(22)21-11-4-2-3-10(8-11)17(25)26/h2-8,23H,1H3,(H,25,26)/b14-7-,21-18?. The minimum Gasteiger partial charge on any atom is -0.505 e. The van der Waals surface area contributed by atoms with Gasteiger partial charge in [0.15, 0.2) is 10.9 Å². The summed E-state index contributed by atoms with van der Waals surface area (Å²) in [7, 11) is 1.58. The molecule has 1 fully saturated rings. The van der Waals surface area contributed by atoms with E-state index in [1.165, 1.54) is 29.2 Å². The van der Waals surface area contributed by atoms with Gasteiger partial charge in [0.2, 0.25) is 0 Å². The number of carboxylic acids is 1. The number of amides is 1. The maximum Gasteiger partial charge on any atom is 0.335 e. The number of aliphatic imine (C=N–C) groups is 1. The van der Waals surface area contributed by atoms with E-state index >= 15 is 0 Å². The molecule has 0 aromatic heterocycles. The lowest BCUT2D eigenvalue weighted by atomic mass is 10.2. The van der Waals surface area contributed by atoms with E-state index in [2.05, 4.69) is 4.99 Å². The third-order valence-corrected chi connectivity index (χ3v) is 5.29. The van der Waals surface area contributed by atoms with Gasteiger partial charge in [-0.05, 0) is 53.7 Å². The van der Waals surface area contributed by atoms with Crippen molar-refractivity contribution in [1.29, 1.82) is 0 Å². The number of hydrogen-bond donors (Lipinski definition) is 2. The first-order valence-corrected chi connectivity index (χ1v) is 9.11. The van der Waals surface area contributed by atoms with Crippen LogP contribution in [0.1, 0.15) is 15.9 Å². The molecular weight excluding hydrogens is 411 g/mol. The third-order valence-electron chi connectivity index (χ3n) is 3.66. The number of thioether (sulfide) groups is 1. The Labute approximate surface area is 168 Å². The van der Waals surface area contributed by atoms with Crippen molar-refractivity contribution in [2.24, 2.45) is 4.99 Å². The van der Waals surface area contributed by atoms with Gasteiger partial charge in [0.1, 0.15) is 0 Å². The monoisotopic (exact) mass is 422 g/mol. The van der Waals surface area contributed by atoms with Crippen LogP contribution < -0.4 is 0 Å². The molecule has 9 heteroatoms. The Hall–Kier alpha value is -2.48. The molecule has 6 nitrogen and oxygen atoms in total. The summed E-state index contributed by atoms with van der Waals surface area (Å²) in [4.78, 5) is 29.7. The van der Waals surface area contributed by atoms with Gasteiger partial charge in [-0.3, -0.25) is 9.69 Å². The Balaban J connectivity index is 1.93. The van der Waals surface area contributed by atoms with Crippen LogP contribution in [0.4, 0.5) is 5.69 Å². The zero-order valence-electron chi connectivity index (χ0n) is 13.8. The first-order chi connectivity index (χ1) is 12.8. The highest BCUT2D eigenvalue weighted by molar-refractivity contribution is 8.18. The van der Waals surface area contributed by atoms with Crippen LogP contribution in [0.5, 0.6) is 5.75 Å². The van der Waals surface area contributed by atoms with Gasteiger partial charge in [-0.2, -0.15) is 0 Å². The summed E-state index contributed by atoms with van der Waals surface area (Å²) in [5.41, 5.74) is 1.09. The maximum atomic E-state index is 12.5. The summed E-state index contributed by atoms with van der Waals surface area (Å²) < 4.78 is 0. The SMILES string of the molecule is CN1C(=O)/C(=C/c2cc(Cl)c(O)c(Cl)c2)SC1=Nc1cccc(C(=O)O)c1. The second-order valence-electron chi connectivity index (χ2n) is 5.56. The largest absolute Gasteiger partial charge is 0.505 e. The molecule has 1 aliphatic heterocycles. The molecule has 138 valence electrons. The predicted molar refractivity (Wildman–Crippen MR) is 107 cm³/mol. The first kappa shape index (κ1) is 19.3. The second kappa shape index (κ2) is 7.64. The lowest BCUT2D eigenvalue weighted by molar-refractivity contribution is -0.121. The van der Waals surface area contributed by atoms with E-state index in [0.717, 1.165) is 11.8 Å². The molecule has 0 spiro atoms. The van der Waals surface area contributed by atoms with E-state index in [1.54, 1.807) is 25.3 Å². The Kier molecular flexibility index (Phi) is 5.46. The third kappa shape index (κ3) is 4.10. The van der Waals surface area contributed by atoms with Crippen LogP contribution >= 0.6 is 35.0 Å². The number of rotatable bonds is 3. The fraction of sp³-hybridized carbons (Fsp3) is 0.0556. The summed E-state index contributed by atoms with van der Waals surface area (Å²) >= 11 is 13.0. The summed E-state index contributed by atoms with van der Waals surface area (Å²) in [6.07, 6.45) is 1.59. The molecule has 1 saturated heterocycles. The van der Waals surface area contributed by atoms with Gasteiger partial charge in [-0.1, -0.05) is 29.3 Å². The normalized spacial score (nSPS) is 17.1. The maximum absolute atomic E-state index is 12.5. The highest BCUT2D eigenvalue weighted by Crippen LogP contribution is 2.37. The Morgan fingerprint density at radius 3 is 2.52 bits per heavy atom. The molecule has 0 aliphatic carbocycles. The fourth-order valence-electron chi connectivity index (χ4n) is 2.29. The quantitative estimate of drug-likeness (QED) is 0.703. The van der Waals surface area contributed by atoms with Crippen LogP contribution in [0.25, 0.3) is 6.08 Å². The van der Waals surface area contributed by atoms with E-state index in [9.17, 15) is 14.7 Å². The number of carbonyl (C=O) groups is 2. The summed E-state index contributed by atoms with van der Waals surface area (Å²) in [5.74, 6) is -1.54. The molecule has 3 rings (SSSR count). The average molecular weight is 423 g/mol. The minimum absolute atomic E-state index is 0.0810. The molecule has 27 heavy (non-hydrogen) atoms. The van der Waals surface area contributed by atoms with E-state index in [1.807, 2.05) is 0 Å². The Morgan fingerprint density at radius 1 is 1.22 bits per heavy atom. The number of amidine groups is 1. The van der Waals surface area contributed by atoms with Crippen molar-refractivity contribution >= 4 is 63.8 Å². The van der Waals surface area contributed by atoms with Crippen molar-refractivity contribution in [3.05, 3.63) is 62.5 Å². The van der Waals surface area contributed by atoms with Crippen LogP contribution in [0, 0.1) is 0 Å². The van der Waals surface area contributed by atoms with Crippen molar-refractivity contribution in [2.75, 3.05) is 7.05 Å². The number of carbonyl (C=O) groups excluding carboxylic acids is 1. The first-order valence-electron chi connectivity index (χ1n) is 7.54. The summed E-state index contributed by atoms with van der Waals surface area (Å²) in [5, 5.41) is 19.3. The zero-order chi connectivity index (χ0) is 19.7. The van der Waals surface area contributed by atoms with Gasteiger partial charge in [0.05, 0.1) is 26.2 Å². The molecule has 1 heterocycles. The van der Waals surface area contributed by atoms with E-state index in [0.29, 0.717) is 21.3 Å². The molecule has 2 aromatic carbocycles. The number of aromatic carboxylic acids is 1. The average Bonchev–Trinajstić information content (AvgIpc) is 2.88. The van der Waals surface area contributed by atoms with Crippen LogP contribution in [0.2, 0.25) is 10.0 Å². The second-order valence-corrected chi connectivity index (χ2v) is 7.38. The molecule has 1 aliphatic rings. The molecule has 0 atom stereocenters. The van der Waals surface area contributed by atoms with E-state index in [4.69, 9.17) is 28.3 Å². The van der Waals surface area contributed by atoms with E-state index < -0.39 is 5.97 Å². The lowest BCUT2D eigenvalue weighted by Gasteiger charge is -2.07. The molecule has 0 unspecified atom stereocenters. The number of halogens is 2. The van der Waals surface area contributed by atoms with Crippen LogP contribution in [-0.4, -0.2) is 39.2 Å². The zero-order valence-corrected chi connectivity index (χ0v) is 16.1. The van der Waals surface area contributed by atoms with Gasteiger partial charge in [-0.25, -0.2) is 9.79 Å². The molecular formula is C18H12Cl2N2O4S. The molecule has 0 radical (unpaired) electrons. The summed E-state index contributed by atoms with van der Waals surface area (Å²) in [6, 6.07) is 9.12. The molecule has 1 amide bonds. The number of carboxylic acid groups (broad SMARTS) is 1. The van der Waals surface area contributed by atoms with Crippen molar-refractivity contribution in [2.45, 2.75) is 0 Å². The molecule has 0 saturated carbocycles. The number of hydrogen-bond acceptors (Lipinski definition) is 5. The number of phenols is 1. The number of likely N-dealkylation sites (N-methyl/N-ethyl adjacent to an activating group) is 1. The fourth-order valence-corrected chi connectivity index (χ4v) is 3.78. The van der Waals surface area contributed by atoms with Gasteiger partial charge in [-0.15, -0.1) is 0 Å². The van der Waals surface area contributed by atoms with Crippen LogP contribution in [-0.2, 0) is 4.79 Å². The van der Waals surface area contributed by atoms with Gasteiger partial charge >= 0.3 is 5.97 Å². The van der Waals surface area contributed by atoms with Crippen molar-refractivity contribution in [3.8, 4) is 5.75 Å². The number of nitrogens with zero attached hydrogens (tertiary/aromatic N) is 2. The van der Waals surface area contributed by atoms with Gasteiger partial charge in [0.25, 0.3) is 5.91 Å². The highest BCUT2D eigenvalue weighted by atomic mass is 35.5. The Bertz CT molecular complexity index is 997. The number of benzene rings is 2. The van der Waals surface area contributed by atoms with Gasteiger partial charge in [0, 0.05) is 7.05 Å². The lowest BCUT2D eigenvalue weighted by Crippen LogP contribution is -2.23. The topological polar surface area (TPSA) is 90.2 Å². The minimum atomic E-state index is -1.05. The van der Waals surface area contributed by atoms with Crippen LogP contribution in [0.3, 0.4) is 0 Å². The van der Waals surface area contributed by atoms with Crippen molar-refractivity contribution < 1.29 is 19.8 Å². The molecule has 2 aromatic rings. The molecule has 2 N–H and O–H groups in total. The van der Waals surface area contributed by atoms with Crippen LogP contribution in [0.15, 0.2) is 46.3 Å². The van der Waals surface area contributed by atoms with Crippen molar-refractivity contribution in [3.63, 3.8) is 0 Å². The summed E-state index contributed by atoms with van der Waals surface area (Å²) in [6.45, 7) is 0. The molecule has 0 bridgehead atoms. The number of aromatic hydroxyl groups is 1. The highest BCUT2D eigenvalue weighted by Gasteiger charge is 2.30.